The van der Waals surface area contributed by atoms with Gasteiger partial charge in [0, 0.05) is 18.9 Å². The van der Waals surface area contributed by atoms with E-state index >= 15 is 0 Å². The van der Waals surface area contributed by atoms with Crippen LogP contribution in [0.1, 0.15) is 33.1 Å². The van der Waals surface area contributed by atoms with Crippen molar-refractivity contribution < 1.29 is 9.90 Å². The second kappa shape index (κ2) is 4.52. The van der Waals surface area contributed by atoms with Crippen molar-refractivity contribution in [1.82, 2.24) is 0 Å². The fourth-order valence-electron chi connectivity index (χ4n) is 2.71. The highest BCUT2D eigenvalue weighted by atomic mass is 16.3. The molecule has 98 valence electrons. The van der Waals surface area contributed by atoms with Gasteiger partial charge in [-0.3, -0.25) is 4.79 Å². The molecule has 0 radical (unpaired) electrons. The minimum atomic E-state index is 0.00611. The monoisotopic (exact) mass is 248 g/mol. The summed E-state index contributed by atoms with van der Waals surface area (Å²) in [5, 5.41) is 13.0. The van der Waals surface area contributed by atoms with Gasteiger partial charge in [0.1, 0.15) is 17.2 Å². The van der Waals surface area contributed by atoms with Gasteiger partial charge in [-0.15, -0.1) is 0 Å². The Labute approximate surface area is 107 Å². The molecule has 1 aromatic rings. The highest BCUT2D eigenvalue weighted by molar-refractivity contribution is 5.82. The third-order valence-corrected chi connectivity index (χ3v) is 3.37. The first kappa shape index (κ1) is 12.7. The number of nitrogens with one attached hydrogen (secondary N) is 1. The molecule has 0 aromatic heterocycles. The van der Waals surface area contributed by atoms with Crippen LogP contribution in [0.25, 0.3) is 0 Å². The molecule has 1 fully saturated rings. The highest BCUT2D eigenvalue weighted by Crippen LogP contribution is 2.37. The van der Waals surface area contributed by atoms with Gasteiger partial charge >= 0.3 is 0 Å². The lowest BCUT2D eigenvalue weighted by Gasteiger charge is -2.35. The number of ketones is 1. The molecule has 1 aliphatic rings. The van der Waals surface area contributed by atoms with Crippen molar-refractivity contribution in [2.45, 2.75) is 39.2 Å². The Morgan fingerprint density at radius 3 is 2.78 bits per heavy atom. The third-order valence-electron chi connectivity index (χ3n) is 3.37. The lowest BCUT2D eigenvalue weighted by atomic mass is 9.74. The first-order chi connectivity index (χ1) is 8.37. The van der Waals surface area contributed by atoms with E-state index in [1.54, 1.807) is 18.2 Å². The number of benzene rings is 1. The summed E-state index contributed by atoms with van der Waals surface area (Å²) >= 11 is 0. The quantitative estimate of drug-likeness (QED) is 0.555. The zero-order valence-corrected chi connectivity index (χ0v) is 10.9. The van der Waals surface area contributed by atoms with Gasteiger partial charge < -0.3 is 16.2 Å². The molecule has 1 unspecified atom stereocenters. The molecule has 0 spiro atoms. The molecule has 1 atom stereocenters. The maximum atomic E-state index is 11.7. The number of nitrogen functional groups attached to an aromatic ring is 1. The van der Waals surface area contributed by atoms with Crippen LogP contribution in [-0.2, 0) is 4.79 Å². The van der Waals surface area contributed by atoms with Gasteiger partial charge in [-0.25, -0.2) is 0 Å². The molecule has 1 aromatic carbocycles. The molecule has 4 N–H and O–H groups in total. The smallest absolute Gasteiger partial charge is 0.140 e. The lowest BCUT2D eigenvalue weighted by molar-refractivity contribution is -0.123. The van der Waals surface area contributed by atoms with E-state index in [4.69, 9.17) is 5.73 Å². The summed E-state index contributed by atoms with van der Waals surface area (Å²) in [6.45, 7) is 4.18. The molecule has 4 nitrogen and oxygen atoms in total. The number of hydrogen-bond acceptors (Lipinski definition) is 4. The largest absolute Gasteiger partial charge is 0.506 e. The lowest BCUT2D eigenvalue weighted by Crippen LogP contribution is -2.36. The van der Waals surface area contributed by atoms with Crippen LogP contribution in [0, 0.1) is 5.41 Å². The molecule has 4 heteroatoms. The average Bonchev–Trinajstić information content (AvgIpc) is 2.21. The van der Waals surface area contributed by atoms with E-state index in [1.165, 1.54) is 0 Å². The summed E-state index contributed by atoms with van der Waals surface area (Å²) in [5.41, 5.74) is 6.88. The molecule has 1 aliphatic carbocycles. The number of aromatic hydroxyl groups is 1. The van der Waals surface area contributed by atoms with Gasteiger partial charge in [0.25, 0.3) is 0 Å². The number of hydrogen-bond donors (Lipinski definition) is 3. The van der Waals surface area contributed by atoms with Crippen LogP contribution in [-0.4, -0.2) is 16.9 Å². The number of carbonyl (C=O) groups is 1. The second-order valence-corrected chi connectivity index (χ2v) is 5.87. The SMILES string of the molecule is CC1(C)CC(=O)CC(Nc2c(N)cccc2O)C1. The summed E-state index contributed by atoms with van der Waals surface area (Å²) < 4.78 is 0. The maximum absolute atomic E-state index is 11.7. The van der Waals surface area contributed by atoms with Crippen molar-refractivity contribution in [2.24, 2.45) is 5.41 Å². The summed E-state index contributed by atoms with van der Waals surface area (Å²) in [6, 6.07) is 5.06. The van der Waals surface area contributed by atoms with Crippen molar-refractivity contribution >= 4 is 17.2 Å². The molecule has 18 heavy (non-hydrogen) atoms. The fraction of sp³-hybridized carbons (Fsp3) is 0.500. The highest BCUT2D eigenvalue weighted by Gasteiger charge is 2.33. The number of nitrogens with two attached hydrogens (primary N) is 1. The molecule has 1 saturated carbocycles. The number of phenolic OH excluding ortho intramolecular Hbond substituents is 1. The number of carbonyl (C=O) groups excluding carboxylic acids is 1. The van der Waals surface area contributed by atoms with Crippen LogP contribution in [0.4, 0.5) is 11.4 Å². The minimum absolute atomic E-state index is 0.00611. The first-order valence-corrected chi connectivity index (χ1v) is 6.23. The number of phenols is 1. The van der Waals surface area contributed by atoms with E-state index in [2.05, 4.69) is 19.2 Å². The third kappa shape index (κ3) is 2.75. The van der Waals surface area contributed by atoms with E-state index < -0.39 is 0 Å². The van der Waals surface area contributed by atoms with Gasteiger partial charge in [0.2, 0.25) is 0 Å². The Balaban J connectivity index is 2.16. The summed E-state index contributed by atoms with van der Waals surface area (Å²) in [7, 11) is 0. The van der Waals surface area contributed by atoms with E-state index in [1.807, 2.05) is 0 Å². The van der Waals surface area contributed by atoms with Gasteiger partial charge in [-0.1, -0.05) is 19.9 Å². The Morgan fingerprint density at radius 2 is 2.17 bits per heavy atom. The fourth-order valence-corrected chi connectivity index (χ4v) is 2.71. The zero-order chi connectivity index (χ0) is 13.3. The second-order valence-electron chi connectivity index (χ2n) is 5.87. The Bertz CT molecular complexity index is 449. The average molecular weight is 248 g/mol. The van der Waals surface area contributed by atoms with E-state index in [-0.39, 0.29) is 23.0 Å². The standard InChI is InChI=1S/C14H20N2O2/c1-14(2)7-9(6-10(17)8-14)16-13-11(15)4-3-5-12(13)18/h3-5,9,16,18H,6-8,15H2,1-2H3. The van der Waals surface area contributed by atoms with Gasteiger partial charge in [0.15, 0.2) is 0 Å². The molecule has 0 heterocycles. The van der Waals surface area contributed by atoms with Crippen molar-refractivity contribution in [1.29, 1.82) is 0 Å². The van der Waals surface area contributed by atoms with Gasteiger partial charge in [-0.2, -0.15) is 0 Å². The van der Waals surface area contributed by atoms with E-state index in [0.717, 1.165) is 6.42 Å². The summed E-state index contributed by atoms with van der Waals surface area (Å²) in [4.78, 5) is 11.7. The zero-order valence-electron chi connectivity index (χ0n) is 10.9. The Hall–Kier alpha value is -1.71. The number of rotatable bonds is 2. The maximum Gasteiger partial charge on any atom is 0.140 e. The molecule has 0 amide bonds. The number of para-hydroxylation sites is 1. The van der Waals surface area contributed by atoms with Crippen LogP contribution >= 0.6 is 0 Å². The number of anilines is 2. The summed E-state index contributed by atoms with van der Waals surface area (Å²) in [5.74, 6) is 0.392. The predicted molar refractivity (Wildman–Crippen MR) is 72.6 cm³/mol. The van der Waals surface area contributed by atoms with Crippen LogP contribution in [0.5, 0.6) is 5.75 Å². The normalized spacial score (nSPS) is 22.8. The predicted octanol–water partition coefficient (Wildman–Crippen LogP) is 2.53. The van der Waals surface area contributed by atoms with Gasteiger partial charge in [-0.05, 0) is 24.0 Å². The molecule has 2 rings (SSSR count). The Morgan fingerprint density at radius 1 is 1.44 bits per heavy atom. The van der Waals surface area contributed by atoms with Crippen molar-refractivity contribution in [2.75, 3.05) is 11.1 Å². The topological polar surface area (TPSA) is 75.4 Å². The summed E-state index contributed by atoms with van der Waals surface area (Å²) in [6.07, 6.45) is 2.02. The van der Waals surface area contributed by atoms with E-state index in [0.29, 0.717) is 24.2 Å². The van der Waals surface area contributed by atoms with Crippen LogP contribution < -0.4 is 11.1 Å². The van der Waals surface area contributed by atoms with Crippen molar-refractivity contribution in [3.63, 3.8) is 0 Å². The van der Waals surface area contributed by atoms with Crippen LogP contribution in [0.3, 0.4) is 0 Å². The molecular formula is C14H20N2O2. The minimum Gasteiger partial charge on any atom is -0.506 e. The molecule has 0 bridgehead atoms. The molecular weight excluding hydrogens is 228 g/mol. The van der Waals surface area contributed by atoms with Crippen molar-refractivity contribution in [3.05, 3.63) is 18.2 Å². The molecule has 0 saturated heterocycles. The molecule has 0 aliphatic heterocycles. The Kier molecular flexibility index (Phi) is 3.20. The van der Waals surface area contributed by atoms with Crippen LogP contribution in [0.2, 0.25) is 0 Å². The first-order valence-electron chi connectivity index (χ1n) is 6.23. The van der Waals surface area contributed by atoms with Gasteiger partial charge in [0.05, 0.1) is 5.69 Å². The van der Waals surface area contributed by atoms with E-state index in [9.17, 15) is 9.90 Å². The van der Waals surface area contributed by atoms with Crippen LogP contribution in [0.15, 0.2) is 18.2 Å². The van der Waals surface area contributed by atoms with Crippen molar-refractivity contribution in [3.8, 4) is 5.75 Å². The number of Topliss-reactive ketones (excluding diaryl/α,β-unsaturated/α-hetero) is 1.